The van der Waals surface area contributed by atoms with E-state index in [0.29, 0.717) is 20.2 Å². The molecule has 0 saturated heterocycles. The summed E-state index contributed by atoms with van der Waals surface area (Å²) in [5.41, 5.74) is -0.269. The maximum Gasteiger partial charge on any atom is 0.433 e. The number of benzene rings is 2. The van der Waals surface area contributed by atoms with E-state index in [1.54, 1.807) is 54.6 Å². The van der Waals surface area contributed by atoms with Crippen LogP contribution in [0.4, 0.5) is 18.9 Å². The lowest BCUT2D eigenvalue weighted by atomic mass is 10.1. The normalized spacial score (nSPS) is 11.6. The highest BCUT2D eigenvalue weighted by molar-refractivity contribution is 9.11. The Morgan fingerprint density at radius 2 is 1.67 bits per heavy atom. The van der Waals surface area contributed by atoms with Gasteiger partial charge in [-0.2, -0.15) is 18.3 Å². The third kappa shape index (κ3) is 3.84. The number of alkyl halides is 3. The summed E-state index contributed by atoms with van der Waals surface area (Å²) >= 11 is 6.52. The van der Waals surface area contributed by atoms with E-state index in [0.717, 1.165) is 6.07 Å². The van der Waals surface area contributed by atoms with Crippen molar-refractivity contribution < 1.29 is 18.0 Å². The Labute approximate surface area is 185 Å². The number of fused-ring (bicyclic) bond motifs is 1. The van der Waals surface area contributed by atoms with Crippen LogP contribution in [0.5, 0.6) is 0 Å². The van der Waals surface area contributed by atoms with Crippen molar-refractivity contribution in [1.29, 1.82) is 0 Å². The van der Waals surface area contributed by atoms with E-state index in [2.05, 4.69) is 47.3 Å². The van der Waals surface area contributed by atoms with Crippen molar-refractivity contribution in [2.75, 3.05) is 5.32 Å². The molecule has 0 atom stereocenters. The molecule has 0 bridgehead atoms. The second-order valence-electron chi connectivity index (χ2n) is 6.22. The number of halogens is 5. The van der Waals surface area contributed by atoms with Gasteiger partial charge in [0.1, 0.15) is 0 Å². The highest BCUT2D eigenvalue weighted by Crippen LogP contribution is 2.35. The van der Waals surface area contributed by atoms with Crippen LogP contribution in [0.2, 0.25) is 0 Å². The van der Waals surface area contributed by atoms with Gasteiger partial charge in [-0.25, -0.2) is 9.50 Å². The van der Waals surface area contributed by atoms with Crippen LogP contribution >= 0.6 is 31.9 Å². The average molecular weight is 540 g/mol. The average Bonchev–Trinajstić information content (AvgIpc) is 3.05. The molecule has 2 aromatic heterocycles. The van der Waals surface area contributed by atoms with Gasteiger partial charge in [0, 0.05) is 10.0 Å². The Bertz CT molecular complexity index is 1260. The molecule has 1 N–H and O–H groups in total. The van der Waals surface area contributed by atoms with Crippen molar-refractivity contribution in [2.45, 2.75) is 6.18 Å². The topological polar surface area (TPSA) is 59.3 Å². The Morgan fingerprint density at radius 3 is 2.33 bits per heavy atom. The van der Waals surface area contributed by atoms with Gasteiger partial charge >= 0.3 is 6.18 Å². The summed E-state index contributed by atoms with van der Waals surface area (Å²) in [4.78, 5) is 17.0. The molecule has 0 radical (unpaired) electrons. The number of nitrogens with zero attached hydrogens (tertiary/aromatic N) is 3. The number of aromatic nitrogens is 3. The minimum absolute atomic E-state index is 0.0651. The molecule has 10 heteroatoms. The Balaban J connectivity index is 1.86. The van der Waals surface area contributed by atoms with Gasteiger partial charge in [0.25, 0.3) is 5.91 Å². The lowest BCUT2D eigenvalue weighted by molar-refractivity contribution is -0.142. The molecular formula is C20H11Br2F3N4O. The molecule has 2 heterocycles. The Morgan fingerprint density at radius 1 is 1.00 bits per heavy atom. The highest BCUT2D eigenvalue weighted by atomic mass is 79.9. The van der Waals surface area contributed by atoms with Crippen LogP contribution in [-0.2, 0) is 6.18 Å². The first-order chi connectivity index (χ1) is 14.3. The van der Waals surface area contributed by atoms with Crippen molar-refractivity contribution in [3.8, 4) is 11.3 Å². The highest BCUT2D eigenvalue weighted by Gasteiger charge is 2.36. The molecule has 1 amide bonds. The summed E-state index contributed by atoms with van der Waals surface area (Å²) < 4.78 is 42.6. The molecular weight excluding hydrogens is 529 g/mol. The molecule has 0 fully saturated rings. The molecule has 0 aliphatic rings. The largest absolute Gasteiger partial charge is 0.433 e. The summed E-state index contributed by atoms with van der Waals surface area (Å²) in [5, 5.41) is 6.53. The molecule has 0 aliphatic carbocycles. The summed E-state index contributed by atoms with van der Waals surface area (Å²) in [6, 6.07) is 16.3. The van der Waals surface area contributed by atoms with E-state index in [1.807, 2.05) is 0 Å². The SMILES string of the molecule is O=C(Nc1ccccc1Br)c1nn2c(C(F)(F)F)cc(-c3ccccc3)nc2c1Br. The zero-order chi connectivity index (χ0) is 21.5. The number of carbonyl (C=O) groups is 1. The first-order valence-electron chi connectivity index (χ1n) is 8.53. The molecule has 0 aliphatic heterocycles. The van der Waals surface area contributed by atoms with Crippen LogP contribution in [0.25, 0.3) is 16.9 Å². The number of para-hydroxylation sites is 1. The monoisotopic (exact) mass is 538 g/mol. The van der Waals surface area contributed by atoms with Crippen molar-refractivity contribution in [3.05, 3.63) is 81.0 Å². The van der Waals surface area contributed by atoms with E-state index < -0.39 is 17.8 Å². The van der Waals surface area contributed by atoms with Gasteiger partial charge in [0.15, 0.2) is 17.0 Å². The lowest BCUT2D eigenvalue weighted by Gasteiger charge is -2.11. The molecule has 2 aromatic carbocycles. The van der Waals surface area contributed by atoms with Crippen molar-refractivity contribution in [2.24, 2.45) is 0 Å². The van der Waals surface area contributed by atoms with Crippen LogP contribution in [0.3, 0.4) is 0 Å². The zero-order valence-electron chi connectivity index (χ0n) is 14.9. The molecule has 0 spiro atoms. The number of rotatable bonds is 3. The van der Waals surface area contributed by atoms with E-state index >= 15 is 0 Å². The second-order valence-corrected chi connectivity index (χ2v) is 7.87. The molecule has 30 heavy (non-hydrogen) atoms. The molecule has 0 unspecified atom stereocenters. The third-order valence-corrected chi connectivity index (χ3v) is 5.65. The number of hydrogen-bond acceptors (Lipinski definition) is 3. The molecule has 152 valence electrons. The quantitative estimate of drug-likeness (QED) is 0.337. The first-order valence-corrected chi connectivity index (χ1v) is 10.1. The Kier molecular flexibility index (Phi) is 5.37. The van der Waals surface area contributed by atoms with E-state index in [-0.39, 0.29) is 21.5 Å². The van der Waals surface area contributed by atoms with Gasteiger partial charge in [-0.3, -0.25) is 4.79 Å². The van der Waals surface area contributed by atoms with Gasteiger partial charge in [0.2, 0.25) is 0 Å². The fourth-order valence-electron chi connectivity index (χ4n) is 2.84. The number of amides is 1. The number of nitrogens with one attached hydrogen (secondary N) is 1. The summed E-state index contributed by atoms with van der Waals surface area (Å²) in [6.45, 7) is 0. The number of anilines is 1. The van der Waals surface area contributed by atoms with Gasteiger partial charge in [-0.15, -0.1) is 0 Å². The van der Waals surface area contributed by atoms with E-state index in [9.17, 15) is 18.0 Å². The van der Waals surface area contributed by atoms with E-state index in [4.69, 9.17) is 0 Å². The van der Waals surface area contributed by atoms with Crippen LogP contribution in [0.1, 0.15) is 16.2 Å². The maximum atomic E-state index is 13.7. The number of hydrogen-bond donors (Lipinski definition) is 1. The first kappa shape index (κ1) is 20.5. The second kappa shape index (κ2) is 7.84. The number of carbonyl (C=O) groups excluding carboxylic acids is 1. The standard InChI is InChI=1S/C20H11Br2F3N4O/c21-12-8-4-5-9-13(12)27-19(30)17-16(22)18-26-14(11-6-2-1-3-7-11)10-15(20(23,24)25)29(18)28-17/h1-10H,(H,27,30). The van der Waals surface area contributed by atoms with Crippen LogP contribution in [-0.4, -0.2) is 20.5 Å². The molecule has 0 saturated carbocycles. The third-order valence-electron chi connectivity index (χ3n) is 4.23. The predicted octanol–water partition coefficient (Wildman–Crippen LogP) is 6.19. The summed E-state index contributed by atoms with van der Waals surface area (Å²) in [5.74, 6) is -0.673. The smallest absolute Gasteiger partial charge is 0.320 e. The van der Waals surface area contributed by atoms with Gasteiger partial charge < -0.3 is 5.32 Å². The minimum Gasteiger partial charge on any atom is -0.320 e. The van der Waals surface area contributed by atoms with Crippen molar-refractivity contribution >= 4 is 49.1 Å². The Hall–Kier alpha value is -2.72. The molecule has 5 nitrogen and oxygen atoms in total. The molecule has 4 rings (SSSR count). The molecule has 4 aromatic rings. The summed E-state index contributed by atoms with van der Waals surface area (Å²) in [6.07, 6.45) is -4.70. The predicted molar refractivity (Wildman–Crippen MR) is 113 cm³/mol. The van der Waals surface area contributed by atoms with Gasteiger partial charge in [-0.05, 0) is 50.1 Å². The van der Waals surface area contributed by atoms with Crippen molar-refractivity contribution in [1.82, 2.24) is 14.6 Å². The fourth-order valence-corrected chi connectivity index (χ4v) is 3.74. The van der Waals surface area contributed by atoms with Crippen LogP contribution in [0.15, 0.2) is 69.6 Å². The van der Waals surface area contributed by atoms with E-state index in [1.165, 1.54) is 0 Å². The van der Waals surface area contributed by atoms with Crippen LogP contribution in [0, 0.1) is 0 Å². The lowest BCUT2D eigenvalue weighted by Crippen LogP contribution is -2.16. The van der Waals surface area contributed by atoms with Gasteiger partial charge in [-0.1, -0.05) is 42.5 Å². The fraction of sp³-hybridized carbons (Fsp3) is 0.0500. The van der Waals surface area contributed by atoms with Gasteiger partial charge in [0.05, 0.1) is 15.9 Å². The van der Waals surface area contributed by atoms with Crippen LogP contribution < -0.4 is 5.32 Å². The summed E-state index contributed by atoms with van der Waals surface area (Å²) in [7, 11) is 0. The van der Waals surface area contributed by atoms with Crippen molar-refractivity contribution in [3.63, 3.8) is 0 Å². The minimum atomic E-state index is -4.70. The zero-order valence-corrected chi connectivity index (χ0v) is 18.1. The maximum absolute atomic E-state index is 13.7.